The molecule has 0 N–H and O–H groups in total. The maximum Gasteiger partial charge on any atom is 0.0494 e. The third-order valence-corrected chi connectivity index (χ3v) is 2.78. The molecule has 10 heavy (non-hydrogen) atoms. The molecule has 1 aromatic rings. The second kappa shape index (κ2) is 3.09. The highest BCUT2D eigenvalue weighted by Gasteiger charge is 1.99. The molecule has 0 bridgehead atoms. The first kappa shape index (κ1) is 8.33. The van der Waals surface area contributed by atoms with E-state index in [1.54, 1.807) is 6.07 Å². The number of rotatable bonds is 0. The van der Waals surface area contributed by atoms with Gasteiger partial charge in [-0.25, -0.2) is 0 Å². The largest absolute Gasteiger partial charge is 0.104 e. The molecule has 0 spiro atoms. The molecule has 1 aromatic carbocycles. The van der Waals surface area contributed by atoms with E-state index < -0.39 is 0 Å². The summed E-state index contributed by atoms with van der Waals surface area (Å²) >= 11 is 11.5. The Kier molecular flexibility index (Phi) is 2.57. The van der Waals surface area contributed by atoms with Crippen LogP contribution < -0.4 is 5.30 Å². The van der Waals surface area contributed by atoms with Gasteiger partial charge in [-0.15, -0.1) is 9.24 Å². The van der Waals surface area contributed by atoms with Crippen LogP contribution in [0.5, 0.6) is 0 Å². The average Bonchev–Trinajstić information content (AvgIpc) is 1.82. The van der Waals surface area contributed by atoms with Gasteiger partial charge in [-0.3, -0.25) is 0 Å². The number of halogens is 2. The van der Waals surface area contributed by atoms with Crippen LogP contribution in [0.15, 0.2) is 12.1 Å². The molecule has 3 heteroatoms. The van der Waals surface area contributed by atoms with Crippen molar-refractivity contribution in [1.29, 1.82) is 0 Å². The van der Waals surface area contributed by atoms with Gasteiger partial charge in [0.05, 0.1) is 0 Å². The number of hydrogen-bond donors (Lipinski definition) is 0. The van der Waals surface area contributed by atoms with Crippen LogP contribution in [0.4, 0.5) is 0 Å². The topological polar surface area (TPSA) is 0 Å². The number of hydrogen-bond acceptors (Lipinski definition) is 0. The van der Waals surface area contributed by atoms with E-state index >= 15 is 0 Å². The maximum absolute atomic E-state index is 5.81. The molecule has 0 aromatic heterocycles. The van der Waals surface area contributed by atoms with Crippen molar-refractivity contribution in [2.45, 2.75) is 6.92 Å². The van der Waals surface area contributed by atoms with Crippen molar-refractivity contribution in [1.82, 2.24) is 0 Å². The van der Waals surface area contributed by atoms with Crippen LogP contribution in [0.3, 0.4) is 0 Å². The van der Waals surface area contributed by atoms with Gasteiger partial charge in [0.15, 0.2) is 0 Å². The van der Waals surface area contributed by atoms with Crippen molar-refractivity contribution in [3.63, 3.8) is 0 Å². The lowest BCUT2D eigenvalue weighted by Gasteiger charge is -2.01. The van der Waals surface area contributed by atoms with Gasteiger partial charge in [0.1, 0.15) is 0 Å². The van der Waals surface area contributed by atoms with Gasteiger partial charge < -0.3 is 0 Å². The zero-order valence-corrected chi connectivity index (χ0v) is 8.15. The Labute approximate surface area is 72.7 Å². The second-order valence-electron chi connectivity index (χ2n) is 2.12. The summed E-state index contributed by atoms with van der Waals surface area (Å²) in [5.74, 6) is 0. The van der Waals surface area contributed by atoms with Crippen LogP contribution in [0.25, 0.3) is 0 Å². The van der Waals surface area contributed by atoms with Crippen LogP contribution in [0, 0.1) is 6.92 Å². The molecular weight excluding hydrogens is 186 g/mol. The summed E-state index contributed by atoms with van der Waals surface area (Å²) in [5.41, 5.74) is 1.10. The normalized spacial score (nSPS) is 10.0. The second-order valence-corrected chi connectivity index (χ2v) is 3.54. The molecular formula is C7H7Cl2P. The van der Waals surface area contributed by atoms with Gasteiger partial charge >= 0.3 is 0 Å². The minimum Gasteiger partial charge on any atom is -0.104 e. The molecule has 0 fully saturated rings. The van der Waals surface area contributed by atoms with Crippen LogP contribution in [-0.4, -0.2) is 0 Å². The molecule has 0 amide bonds. The highest BCUT2D eigenvalue weighted by Crippen LogP contribution is 2.18. The van der Waals surface area contributed by atoms with Crippen LogP contribution in [0.2, 0.25) is 10.0 Å². The van der Waals surface area contributed by atoms with Gasteiger partial charge in [-0.05, 0) is 29.9 Å². The fourth-order valence-electron chi connectivity index (χ4n) is 0.713. The minimum absolute atomic E-state index is 0.689. The first-order valence-electron chi connectivity index (χ1n) is 2.82. The summed E-state index contributed by atoms with van der Waals surface area (Å²) in [6, 6.07) is 3.62. The monoisotopic (exact) mass is 192 g/mol. The minimum atomic E-state index is 0.689. The van der Waals surface area contributed by atoms with E-state index in [1.807, 2.05) is 13.0 Å². The van der Waals surface area contributed by atoms with Crippen LogP contribution >= 0.6 is 32.4 Å². The van der Waals surface area contributed by atoms with Gasteiger partial charge in [-0.2, -0.15) is 0 Å². The third-order valence-electron chi connectivity index (χ3n) is 1.30. The van der Waals surface area contributed by atoms with E-state index in [0.29, 0.717) is 10.0 Å². The Balaban J connectivity index is 3.31. The highest BCUT2D eigenvalue weighted by atomic mass is 35.5. The van der Waals surface area contributed by atoms with Gasteiger partial charge in [0.2, 0.25) is 0 Å². The van der Waals surface area contributed by atoms with Crippen molar-refractivity contribution in [3.05, 3.63) is 27.7 Å². The zero-order valence-electron chi connectivity index (χ0n) is 5.49. The van der Waals surface area contributed by atoms with E-state index in [0.717, 1.165) is 10.9 Å². The molecule has 0 aliphatic heterocycles. The molecule has 1 atom stereocenters. The average molecular weight is 193 g/mol. The highest BCUT2D eigenvalue weighted by molar-refractivity contribution is 7.28. The molecule has 0 saturated carbocycles. The fraction of sp³-hybridized carbons (Fsp3) is 0.143. The summed E-state index contributed by atoms with van der Waals surface area (Å²) in [4.78, 5) is 0. The van der Waals surface area contributed by atoms with Crippen molar-refractivity contribution in [2.75, 3.05) is 0 Å². The summed E-state index contributed by atoms with van der Waals surface area (Å²) in [5, 5.41) is 2.41. The lowest BCUT2D eigenvalue weighted by atomic mass is 10.2. The molecule has 54 valence electrons. The molecule has 0 radical (unpaired) electrons. The quantitative estimate of drug-likeness (QED) is 0.555. The number of aryl methyl sites for hydroxylation is 1. The van der Waals surface area contributed by atoms with Crippen LogP contribution in [-0.2, 0) is 0 Å². The van der Waals surface area contributed by atoms with Gasteiger partial charge in [0.25, 0.3) is 0 Å². The molecule has 1 unspecified atom stereocenters. The summed E-state index contributed by atoms with van der Waals surface area (Å²) in [7, 11) is 2.58. The predicted molar refractivity (Wildman–Crippen MR) is 50.5 cm³/mol. The van der Waals surface area contributed by atoms with Crippen molar-refractivity contribution < 1.29 is 0 Å². The Morgan fingerprint density at radius 2 is 1.90 bits per heavy atom. The van der Waals surface area contributed by atoms with Crippen molar-refractivity contribution in [2.24, 2.45) is 0 Å². The molecule has 0 aliphatic rings. The van der Waals surface area contributed by atoms with Crippen LogP contribution in [0.1, 0.15) is 5.56 Å². The summed E-state index contributed by atoms with van der Waals surface area (Å²) in [6.07, 6.45) is 0. The first-order chi connectivity index (χ1) is 4.61. The van der Waals surface area contributed by atoms with Crippen molar-refractivity contribution in [3.8, 4) is 0 Å². The summed E-state index contributed by atoms with van der Waals surface area (Å²) in [6.45, 7) is 1.97. The van der Waals surface area contributed by atoms with E-state index in [9.17, 15) is 0 Å². The standard InChI is InChI=1S/C7H7Cl2P/c1-4-2-5(8)3-6(9)7(4)10/h2-3H,10H2,1H3. The van der Waals surface area contributed by atoms with Gasteiger partial charge in [-0.1, -0.05) is 23.2 Å². The SMILES string of the molecule is Cc1cc(Cl)cc(Cl)c1P. The smallest absolute Gasteiger partial charge is 0.0494 e. The molecule has 0 heterocycles. The van der Waals surface area contributed by atoms with E-state index in [-0.39, 0.29) is 0 Å². The molecule has 0 nitrogen and oxygen atoms in total. The van der Waals surface area contributed by atoms with E-state index in [4.69, 9.17) is 23.2 Å². The Hall–Kier alpha value is 0.230. The Bertz CT molecular complexity index is 235. The van der Waals surface area contributed by atoms with E-state index in [2.05, 4.69) is 9.24 Å². The Morgan fingerprint density at radius 1 is 1.30 bits per heavy atom. The lowest BCUT2D eigenvalue weighted by molar-refractivity contribution is 1.52. The third kappa shape index (κ3) is 1.63. The summed E-state index contributed by atoms with van der Waals surface area (Å²) < 4.78 is 0. The molecule has 0 aliphatic carbocycles. The fourth-order valence-corrected chi connectivity index (χ4v) is 1.48. The van der Waals surface area contributed by atoms with Crippen molar-refractivity contribution >= 4 is 37.7 Å². The van der Waals surface area contributed by atoms with E-state index in [1.165, 1.54) is 0 Å². The molecule has 0 saturated heterocycles. The number of benzene rings is 1. The maximum atomic E-state index is 5.81. The predicted octanol–water partition coefficient (Wildman–Crippen LogP) is 2.80. The Morgan fingerprint density at radius 3 is 2.40 bits per heavy atom. The van der Waals surface area contributed by atoms with Gasteiger partial charge in [0, 0.05) is 10.0 Å². The zero-order chi connectivity index (χ0) is 7.72. The lowest BCUT2D eigenvalue weighted by Crippen LogP contribution is -1.97. The first-order valence-corrected chi connectivity index (χ1v) is 4.15. The molecule has 1 rings (SSSR count).